The average Bonchev–Trinajstić information content (AvgIpc) is 2.95. The van der Waals surface area contributed by atoms with Crippen LogP contribution in [-0.2, 0) is 11.2 Å². The summed E-state index contributed by atoms with van der Waals surface area (Å²) >= 11 is 0. The monoisotopic (exact) mass is 261 g/mol. The molecule has 2 heterocycles. The summed E-state index contributed by atoms with van der Waals surface area (Å²) < 4.78 is 0. The third-order valence-electron chi connectivity index (χ3n) is 4.21. The summed E-state index contributed by atoms with van der Waals surface area (Å²) in [6.07, 6.45) is 6.36. The summed E-state index contributed by atoms with van der Waals surface area (Å²) in [7, 11) is 1.92. The van der Waals surface area contributed by atoms with Crippen LogP contribution in [0.2, 0.25) is 0 Å². The lowest BCUT2D eigenvalue weighted by Gasteiger charge is -2.30. The van der Waals surface area contributed by atoms with Gasteiger partial charge in [-0.1, -0.05) is 6.92 Å². The molecule has 1 N–H and O–H groups in total. The second-order valence-corrected chi connectivity index (χ2v) is 5.39. The highest BCUT2D eigenvalue weighted by atomic mass is 16.2. The van der Waals surface area contributed by atoms with Crippen molar-refractivity contribution in [2.75, 3.05) is 26.7 Å². The molecule has 1 aliphatic rings. The Bertz CT molecular complexity index is 413. The van der Waals surface area contributed by atoms with Gasteiger partial charge in [-0.25, -0.2) is 0 Å². The van der Waals surface area contributed by atoms with E-state index in [0.717, 1.165) is 38.9 Å². The number of rotatable bonds is 5. The number of nitrogens with zero attached hydrogens (tertiary/aromatic N) is 2. The summed E-state index contributed by atoms with van der Waals surface area (Å²) in [6, 6.07) is 4.01. The first kappa shape index (κ1) is 14.0. The molecular weight excluding hydrogens is 238 g/mol. The van der Waals surface area contributed by atoms with Gasteiger partial charge >= 0.3 is 0 Å². The van der Waals surface area contributed by atoms with Crippen molar-refractivity contribution in [2.24, 2.45) is 5.41 Å². The van der Waals surface area contributed by atoms with Crippen molar-refractivity contribution >= 4 is 5.91 Å². The number of hydrogen-bond acceptors (Lipinski definition) is 3. The molecule has 1 unspecified atom stereocenters. The number of amides is 1. The fraction of sp³-hybridized carbons (Fsp3) is 0.600. The van der Waals surface area contributed by atoms with Gasteiger partial charge in [0.15, 0.2) is 0 Å². The van der Waals surface area contributed by atoms with Gasteiger partial charge in [0, 0.05) is 32.5 Å². The number of aromatic nitrogens is 1. The van der Waals surface area contributed by atoms with Crippen LogP contribution in [0.5, 0.6) is 0 Å². The van der Waals surface area contributed by atoms with Crippen molar-refractivity contribution in [3.8, 4) is 0 Å². The molecule has 0 aromatic carbocycles. The zero-order chi connectivity index (χ0) is 13.7. The van der Waals surface area contributed by atoms with Crippen LogP contribution in [0, 0.1) is 5.41 Å². The number of nitrogens with one attached hydrogen (secondary N) is 1. The predicted molar refractivity (Wildman–Crippen MR) is 75.8 cm³/mol. The zero-order valence-electron chi connectivity index (χ0n) is 11.9. The van der Waals surface area contributed by atoms with Crippen LogP contribution in [0.1, 0.15) is 25.3 Å². The van der Waals surface area contributed by atoms with E-state index in [1.165, 1.54) is 5.56 Å². The van der Waals surface area contributed by atoms with E-state index in [1.807, 2.05) is 24.1 Å². The summed E-state index contributed by atoms with van der Waals surface area (Å²) in [5, 5.41) is 3.32. The molecule has 0 saturated carbocycles. The lowest BCUT2D eigenvalue weighted by Crippen LogP contribution is -2.43. The molecule has 0 aliphatic carbocycles. The van der Waals surface area contributed by atoms with Crippen LogP contribution in [0.4, 0.5) is 0 Å². The van der Waals surface area contributed by atoms with Gasteiger partial charge in [0.05, 0.1) is 5.41 Å². The van der Waals surface area contributed by atoms with Gasteiger partial charge in [-0.05, 0) is 43.5 Å². The van der Waals surface area contributed by atoms with Gasteiger partial charge in [0.25, 0.3) is 0 Å². The third-order valence-corrected chi connectivity index (χ3v) is 4.21. The van der Waals surface area contributed by atoms with Crippen LogP contribution in [0.25, 0.3) is 0 Å². The minimum atomic E-state index is -0.174. The van der Waals surface area contributed by atoms with Crippen molar-refractivity contribution in [1.82, 2.24) is 15.2 Å². The summed E-state index contributed by atoms with van der Waals surface area (Å²) in [6.45, 7) is 4.66. The number of pyridine rings is 1. The van der Waals surface area contributed by atoms with E-state index in [-0.39, 0.29) is 11.3 Å². The largest absolute Gasteiger partial charge is 0.345 e. The predicted octanol–water partition coefficient (Wildman–Crippen LogP) is 1.47. The van der Waals surface area contributed by atoms with E-state index >= 15 is 0 Å². The van der Waals surface area contributed by atoms with Crippen LogP contribution in [0.3, 0.4) is 0 Å². The first-order valence-corrected chi connectivity index (χ1v) is 7.03. The first-order valence-electron chi connectivity index (χ1n) is 7.03. The molecule has 1 amide bonds. The fourth-order valence-electron chi connectivity index (χ4n) is 2.73. The van der Waals surface area contributed by atoms with Crippen LogP contribution in [-0.4, -0.2) is 42.5 Å². The molecule has 0 bridgehead atoms. The molecule has 19 heavy (non-hydrogen) atoms. The van der Waals surface area contributed by atoms with Gasteiger partial charge in [0.1, 0.15) is 0 Å². The molecule has 0 radical (unpaired) electrons. The van der Waals surface area contributed by atoms with E-state index in [4.69, 9.17) is 0 Å². The van der Waals surface area contributed by atoms with E-state index in [9.17, 15) is 4.79 Å². The molecule has 1 aromatic heterocycles. The Morgan fingerprint density at radius 2 is 2.21 bits per heavy atom. The summed E-state index contributed by atoms with van der Waals surface area (Å²) in [5.74, 6) is 0.286. The highest BCUT2D eigenvalue weighted by Gasteiger charge is 2.40. The van der Waals surface area contributed by atoms with Gasteiger partial charge < -0.3 is 10.2 Å². The highest BCUT2D eigenvalue weighted by Crippen LogP contribution is 2.31. The van der Waals surface area contributed by atoms with Gasteiger partial charge in [-0.15, -0.1) is 0 Å². The Morgan fingerprint density at radius 1 is 1.47 bits per heavy atom. The SMILES string of the molecule is CCC1(C(=O)N(C)CCc2ccncc2)CCNC1. The third kappa shape index (κ3) is 3.13. The average molecular weight is 261 g/mol. The topological polar surface area (TPSA) is 45.2 Å². The maximum Gasteiger partial charge on any atom is 0.229 e. The summed E-state index contributed by atoms with van der Waals surface area (Å²) in [4.78, 5) is 18.5. The molecule has 1 saturated heterocycles. The Hall–Kier alpha value is -1.42. The Kier molecular flexibility index (Phi) is 4.53. The number of likely N-dealkylation sites (N-methyl/N-ethyl adjacent to an activating group) is 1. The normalized spacial score (nSPS) is 22.4. The standard InChI is InChI=1S/C15H23N3O/c1-3-15(7-10-17-12-15)14(19)18(2)11-6-13-4-8-16-9-5-13/h4-5,8-9,17H,3,6-7,10-12H2,1-2H3. The second-order valence-electron chi connectivity index (χ2n) is 5.39. The number of carbonyl (C=O) groups is 1. The van der Waals surface area contributed by atoms with Gasteiger partial charge in [-0.2, -0.15) is 0 Å². The van der Waals surface area contributed by atoms with E-state index in [2.05, 4.69) is 17.2 Å². The molecule has 104 valence electrons. The van der Waals surface area contributed by atoms with Crippen LogP contribution >= 0.6 is 0 Å². The number of hydrogen-bond donors (Lipinski definition) is 1. The molecule has 1 aliphatic heterocycles. The molecule has 4 heteroatoms. The van der Waals surface area contributed by atoms with Gasteiger partial charge in [-0.3, -0.25) is 9.78 Å². The number of carbonyl (C=O) groups excluding carboxylic acids is 1. The quantitative estimate of drug-likeness (QED) is 0.873. The van der Waals surface area contributed by atoms with E-state index in [0.29, 0.717) is 0 Å². The maximum atomic E-state index is 12.6. The van der Waals surface area contributed by atoms with Crippen molar-refractivity contribution < 1.29 is 4.79 Å². The molecule has 1 aromatic rings. The van der Waals surface area contributed by atoms with Crippen molar-refractivity contribution in [2.45, 2.75) is 26.2 Å². The zero-order valence-corrected chi connectivity index (χ0v) is 11.9. The highest BCUT2D eigenvalue weighted by molar-refractivity contribution is 5.83. The minimum absolute atomic E-state index is 0.174. The molecule has 2 rings (SSSR count). The van der Waals surface area contributed by atoms with E-state index < -0.39 is 0 Å². The smallest absolute Gasteiger partial charge is 0.229 e. The first-order chi connectivity index (χ1) is 9.18. The Labute approximate surface area is 115 Å². The molecular formula is C15H23N3O. The minimum Gasteiger partial charge on any atom is -0.345 e. The maximum absolute atomic E-state index is 12.6. The molecule has 4 nitrogen and oxygen atoms in total. The molecule has 1 fully saturated rings. The van der Waals surface area contributed by atoms with Crippen molar-refractivity contribution in [3.05, 3.63) is 30.1 Å². The Balaban J connectivity index is 1.92. The van der Waals surface area contributed by atoms with Crippen LogP contribution < -0.4 is 5.32 Å². The fourth-order valence-corrected chi connectivity index (χ4v) is 2.73. The molecule has 0 spiro atoms. The Morgan fingerprint density at radius 3 is 2.79 bits per heavy atom. The lowest BCUT2D eigenvalue weighted by atomic mass is 9.83. The van der Waals surface area contributed by atoms with Crippen molar-refractivity contribution in [3.63, 3.8) is 0 Å². The van der Waals surface area contributed by atoms with Crippen molar-refractivity contribution in [1.29, 1.82) is 0 Å². The second kappa shape index (κ2) is 6.15. The van der Waals surface area contributed by atoms with E-state index in [1.54, 1.807) is 12.4 Å². The molecule has 1 atom stereocenters. The van der Waals surface area contributed by atoms with Gasteiger partial charge in [0.2, 0.25) is 5.91 Å². The van der Waals surface area contributed by atoms with Crippen LogP contribution in [0.15, 0.2) is 24.5 Å². The summed E-state index contributed by atoms with van der Waals surface area (Å²) in [5.41, 5.74) is 1.05. The lowest BCUT2D eigenvalue weighted by molar-refractivity contribution is -0.139.